The van der Waals surface area contributed by atoms with Gasteiger partial charge in [0.05, 0.1) is 5.41 Å². The number of rotatable bonds is 22. The van der Waals surface area contributed by atoms with Crippen LogP contribution in [-0.2, 0) is 28.6 Å². The first kappa shape index (κ1) is 37.0. The van der Waals surface area contributed by atoms with E-state index in [1.165, 1.54) is 36.5 Å². The molecule has 0 aromatic heterocycles. The van der Waals surface area contributed by atoms with Crippen LogP contribution in [0.5, 0.6) is 0 Å². The van der Waals surface area contributed by atoms with Crippen LogP contribution in [0.3, 0.4) is 0 Å². The van der Waals surface area contributed by atoms with Crippen molar-refractivity contribution in [2.45, 2.75) is 125 Å². The Labute approximate surface area is 277 Å². The van der Waals surface area contributed by atoms with E-state index in [2.05, 4.69) is 0 Å². The van der Waals surface area contributed by atoms with E-state index < -0.39 is 5.41 Å². The predicted octanol–water partition coefficient (Wildman–Crippen LogP) is 9.15. The molecule has 42 heavy (non-hydrogen) atoms. The van der Waals surface area contributed by atoms with Crippen LogP contribution in [0.4, 0.5) is 0 Å². The number of carbonyl (C=O) groups excluding carboxylic acids is 3. The molecule has 12 heteroatoms. The van der Waals surface area contributed by atoms with Crippen LogP contribution in [0.1, 0.15) is 110 Å². The fraction of sp³-hybridized carbons (Fsp3) is 0.900. The SMILES string of the molecule is CCC(COC(=O)CCCCC1CCSS1)(COC(=O)CCCCC1CCSS1)COC(=O)CCCCC1CCSS1. The van der Waals surface area contributed by atoms with Crippen LogP contribution in [0.2, 0.25) is 0 Å². The van der Waals surface area contributed by atoms with E-state index >= 15 is 0 Å². The zero-order valence-corrected chi connectivity index (χ0v) is 30.1. The number of ether oxygens (including phenoxy) is 3. The minimum Gasteiger partial charge on any atom is -0.465 e. The summed E-state index contributed by atoms with van der Waals surface area (Å²) in [5.74, 6) is 2.98. The molecule has 0 aromatic rings. The van der Waals surface area contributed by atoms with Crippen molar-refractivity contribution in [3.05, 3.63) is 0 Å². The van der Waals surface area contributed by atoms with E-state index in [1.54, 1.807) is 0 Å². The second-order valence-corrected chi connectivity index (χ2v) is 19.9. The zero-order valence-electron chi connectivity index (χ0n) is 25.2. The van der Waals surface area contributed by atoms with E-state index in [1.807, 2.05) is 71.7 Å². The molecule has 0 radical (unpaired) electrons. The lowest BCUT2D eigenvalue weighted by Gasteiger charge is -2.31. The summed E-state index contributed by atoms with van der Waals surface area (Å²) in [7, 11) is 11.7. The number of hydrogen-bond acceptors (Lipinski definition) is 12. The molecule has 3 aliphatic rings. The molecule has 0 aromatic carbocycles. The lowest BCUT2D eigenvalue weighted by Crippen LogP contribution is -2.39. The maximum absolute atomic E-state index is 12.6. The molecule has 3 heterocycles. The Balaban J connectivity index is 1.39. The van der Waals surface area contributed by atoms with E-state index in [0.29, 0.717) is 41.4 Å². The molecule has 3 atom stereocenters. The predicted molar refractivity (Wildman–Crippen MR) is 186 cm³/mol. The molecular weight excluding hydrogens is 649 g/mol. The van der Waals surface area contributed by atoms with Crippen LogP contribution in [0, 0.1) is 5.41 Å². The first-order valence-corrected chi connectivity index (χ1v) is 22.9. The molecule has 242 valence electrons. The Morgan fingerprint density at radius 2 is 0.905 bits per heavy atom. The van der Waals surface area contributed by atoms with Gasteiger partial charge in [0.25, 0.3) is 0 Å². The number of unbranched alkanes of at least 4 members (excludes halogenated alkanes) is 3. The fourth-order valence-corrected chi connectivity index (χ4v) is 14.0. The Morgan fingerprint density at radius 3 is 1.17 bits per heavy atom. The number of hydrogen-bond donors (Lipinski definition) is 0. The second kappa shape index (κ2) is 22.1. The largest absolute Gasteiger partial charge is 0.465 e. The molecular formula is C30H50O6S6. The van der Waals surface area contributed by atoms with Crippen LogP contribution >= 0.6 is 64.8 Å². The van der Waals surface area contributed by atoms with Crippen LogP contribution < -0.4 is 0 Å². The summed E-state index contributed by atoms with van der Waals surface area (Å²) in [6.45, 7) is 2.24. The summed E-state index contributed by atoms with van der Waals surface area (Å²) in [5, 5.41) is 2.14. The van der Waals surface area contributed by atoms with Gasteiger partial charge in [-0.2, -0.15) is 0 Å². The molecule has 6 nitrogen and oxygen atoms in total. The Kier molecular flexibility index (Phi) is 19.5. The summed E-state index contributed by atoms with van der Waals surface area (Å²) in [5.41, 5.74) is -0.728. The highest BCUT2D eigenvalue weighted by Crippen LogP contribution is 2.41. The second-order valence-electron chi connectivity index (χ2n) is 11.6. The zero-order chi connectivity index (χ0) is 29.9. The van der Waals surface area contributed by atoms with Gasteiger partial charge in [0.15, 0.2) is 0 Å². The minimum atomic E-state index is -0.728. The third-order valence-corrected chi connectivity index (χ3v) is 17.0. The van der Waals surface area contributed by atoms with Crippen molar-refractivity contribution in [2.24, 2.45) is 5.41 Å². The van der Waals surface area contributed by atoms with Crippen molar-refractivity contribution >= 4 is 82.7 Å². The fourth-order valence-electron chi connectivity index (χ4n) is 4.97. The molecule has 0 bridgehead atoms. The van der Waals surface area contributed by atoms with Crippen molar-refractivity contribution < 1.29 is 28.6 Å². The van der Waals surface area contributed by atoms with Gasteiger partial charge < -0.3 is 14.2 Å². The first-order chi connectivity index (χ1) is 20.5. The van der Waals surface area contributed by atoms with Crippen LogP contribution in [0.15, 0.2) is 0 Å². The maximum atomic E-state index is 12.6. The molecule has 0 aliphatic carbocycles. The van der Waals surface area contributed by atoms with E-state index in [9.17, 15) is 14.4 Å². The Hall–Kier alpha value is 0.510. The molecule has 0 N–H and O–H groups in total. The minimum absolute atomic E-state index is 0.0884. The van der Waals surface area contributed by atoms with E-state index in [0.717, 1.165) is 57.8 Å². The third kappa shape index (κ3) is 15.7. The molecule has 3 rings (SSSR count). The van der Waals surface area contributed by atoms with Gasteiger partial charge in [0.2, 0.25) is 0 Å². The van der Waals surface area contributed by atoms with Crippen LogP contribution in [-0.4, -0.2) is 70.7 Å². The van der Waals surface area contributed by atoms with Gasteiger partial charge in [-0.1, -0.05) is 90.9 Å². The average Bonchev–Trinajstić information content (AvgIpc) is 3.80. The molecule has 3 unspecified atom stereocenters. The summed E-state index contributed by atoms with van der Waals surface area (Å²) >= 11 is 0. The van der Waals surface area contributed by atoms with Crippen molar-refractivity contribution in [1.29, 1.82) is 0 Å². The number of esters is 3. The molecule has 3 saturated heterocycles. The summed E-state index contributed by atoms with van der Waals surface area (Å²) < 4.78 is 17.1. The first-order valence-electron chi connectivity index (χ1n) is 15.8. The van der Waals surface area contributed by atoms with E-state index in [-0.39, 0.29) is 37.7 Å². The molecule has 0 saturated carbocycles. The lowest BCUT2D eigenvalue weighted by atomic mass is 9.88. The van der Waals surface area contributed by atoms with Gasteiger partial charge in [-0.3, -0.25) is 14.4 Å². The monoisotopic (exact) mass is 698 g/mol. The van der Waals surface area contributed by atoms with E-state index in [4.69, 9.17) is 14.2 Å². The highest BCUT2D eigenvalue weighted by atomic mass is 33.1. The summed E-state index contributed by atoms with van der Waals surface area (Å²) in [6.07, 6.45) is 14.5. The third-order valence-electron chi connectivity index (χ3n) is 8.02. The lowest BCUT2D eigenvalue weighted by molar-refractivity contribution is -0.162. The van der Waals surface area contributed by atoms with Gasteiger partial charge in [-0.15, -0.1) is 0 Å². The van der Waals surface area contributed by atoms with Crippen molar-refractivity contribution in [3.8, 4) is 0 Å². The van der Waals surface area contributed by atoms with Gasteiger partial charge in [0, 0.05) is 52.3 Å². The van der Waals surface area contributed by atoms with Crippen molar-refractivity contribution in [2.75, 3.05) is 37.1 Å². The summed E-state index contributed by atoms with van der Waals surface area (Å²) in [4.78, 5) is 37.8. The quantitative estimate of drug-likeness (QED) is 0.0468. The standard InChI is InChI=1S/C30H50O6S6/c1-2-30(21-34-27(31)12-6-3-9-24-15-18-37-40-24,22-35-28(32)13-7-4-10-25-16-19-38-41-25)23-36-29(33)14-8-5-11-26-17-20-39-42-26/h24-26H,2-23H2,1H3. The summed E-state index contributed by atoms with van der Waals surface area (Å²) in [6, 6.07) is 0. The molecule has 0 amide bonds. The molecule has 3 fully saturated rings. The van der Waals surface area contributed by atoms with Gasteiger partial charge in [-0.05, 0) is 64.2 Å². The van der Waals surface area contributed by atoms with Crippen LogP contribution in [0.25, 0.3) is 0 Å². The highest BCUT2D eigenvalue weighted by Gasteiger charge is 2.34. The normalized spacial score (nSPS) is 23.5. The van der Waals surface area contributed by atoms with Crippen molar-refractivity contribution in [3.63, 3.8) is 0 Å². The Bertz CT molecular complexity index is 686. The van der Waals surface area contributed by atoms with Gasteiger partial charge in [0.1, 0.15) is 19.8 Å². The smallest absolute Gasteiger partial charge is 0.305 e. The average molecular weight is 699 g/mol. The topological polar surface area (TPSA) is 78.9 Å². The Morgan fingerprint density at radius 1 is 0.571 bits per heavy atom. The highest BCUT2D eigenvalue weighted by molar-refractivity contribution is 8.78. The molecule has 3 aliphatic heterocycles. The van der Waals surface area contributed by atoms with Crippen molar-refractivity contribution in [1.82, 2.24) is 0 Å². The van der Waals surface area contributed by atoms with Gasteiger partial charge >= 0.3 is 17.9 Å². The maximum Gasteiger partial charge on any atom is 0.305 e. The molecule has 0 spiro atoms. The van der Waals surface area contributed by atoms with Gasteiger partial charge in [-0.25, -0.2) is 0 Å². The number of carbonyl (C=O) groups is 3.